The average molecular weight is 259 g/mol. The Hall–Kier alpha value is -1.66. The lowest BCUT2D eigenvalue weighted by molar-refractivity contribution is 0.405. The van der Waals surface area contributed by atoms with Gasteiger partial charge < -0.3 is 14.8 Å². The number of nitrogens with one attached hydrogen (secondary N) is 2. The van der Waals surface area contributed by atoms with Crippen molar-refractivity contribution in [3.05, 3.63) is 17.2 Å². The molecule has 0 aliphatic rings. The third-order valence-electron chi connectivity index (χ3n) is 2.09. The van der Waals surface area contributed by atoms with Crippen molar-refractivity contribution in [3.63, 3.8) is 0 Å². The van der Waals surface area contributed by atoms with E-state index >= 15 is 0 Å². The number of methoxy groups -OCH3 is 2. The standard InChI is InChI=1S/C10H15ClN4O2/c1-13-10(15-12)14-7-5-8(16-2)6(11)4-9(7)17-3/h4-5H,12H2,1-3H3,(H2,13,14,15). The topological polar surface area (TPSA) is 80.9 Å². The Labute approximate surface area is 105 Å². The van der Waals surface area contributed by atoms with E-state index in [4.69, 9.17) is 26.9 Å². The van der Waals surface area contributed by atoms with E-state index in [2.05, 4.69) is 15.7 Å². The van der Waals surface area contributed by atoms with Crippen molar-refractivity contribution in [1.29, 1.82) is 0 Å². The summed E-state index contributed by atoms with van der Waals surface area (Å²) in [7, 11) is 4.68. The molecule has 1 rings (SSSR count). The van der Waals surface area contributed by atoms with Gasteiger partial charge in [0.05, 0.1) is 24.9 Å². The normalized spacial score (nSPS) is 11.0. The highest BCUT2D eigenvalue weighted by Gasteiger charge is 2.10. The molecule has 0 saturated heterocycles. The van der Waals surface area contributed by atoms with Crippen LogP contribution in [0.25, 0.3) is 0 Å². The monoisotopic (exact) mass is 258 g/mol. The van der Waals surface area contributed by atoms with Crippen LogP contribution in [-0.4, -0.2) is 27.2 Å². The number of halogens is 1. The number of anilines is 1. The summed E-state index contributed by atoms with van der Waals surface area (Å²) in [6, 6.07) is 3.34. The molecule has 0 unspecified atom stereocenters. The largest absolute Gasteiger partial charge is 0.495 e. The number of hydrazine groups is 1. The van der Waals surface area contributed by atoms with Crippen molar-refractivity contribution in [2.45, 2.75) is 0 Å². The zero-order chi connectivity index (χ0) is 12.8. The van der Waals surface area contributed by atoms with Gasteiger partial charge in [0, 0.05) is 19.2 Å². The SMILES string of the molecule is CN=C(NN)Nc1cc(OC)c(Cl)cc1OC. The summed E-state index contributed by atoms with van der Waals surface area (Å²) in [6.07, 6.45) is 0. The van der Waals surface area contributed by atoms with E-state index in [0.29, 0.717) is 28.2 Å². The van der Waals surface area contributed by atoms with Crippen molar-refractivity contribution >= 4 is 23.2 Å². The second kappa shape index (κ2) is 6.17. The summed E-state index contributed by atoms with van der Waals surface area (Å²) in [5.41, 5.74) is 3.06. The summed E-state index contributed by atoms with van der Waals surface area (Å²) in [4.78, 5) is 3.90. The number of benzene rings is 1. The van der Waals surface area contributed by atoms with Gasteiger partial charge in [0.1, 0.15) is 11.5 Å². The Kier molecular flexibility index (Phi) is 4.86. The number of guanidine groups is 1. The first kappa shape index (κ1) is 13.4. The number of ether oxygens (including phenoxy) is 2. The Bertz CT molecular complexity index is 423. The van der Waals surface area contributed by atoms with Crippen LogP contribution in [0.1, 0.15) is 0 Å². The highest BCUT2D eigenvalue weighted by molar-refractivity contribution is 6.32. The first-order chi connectivity index (χ1) is 8.15. The van der Waals surface area contributed by atoms with E-state index in [1.807, 2.05) is 0 Å². The van der Waals surface area contributed by atoms with Crippen LogP contribution in [-0.2, 0) is 0 Å². The molecule has 1 aromatic rings. The third-order valence-corrected chi connectivity index (χ3v) is 2.38. The Balaban J connectivity index is 3.12. The van der Waals surface area contributed by atoms with Crippen LogP contribution in [0.3, 0.4) is 0 Å². The predicted octanol–water partition coefficient (Wildman–Crippen LogP) is 1.22. The van der Waals surface area contributed by atoms with E-state index < -0.39 is 0 Å². The van der Waals surface area contributed by atoms with Crippen LogP contribution in [0.4, 0.5) is 5.69 Å². The molecule has 0 aromatic heterocycles. The minimum Gasteiger partial charge on any atom is -0.495 e. The molecule has 0 fully saturated rings. The molecule has 0 spiro atoms. The zero-order valence-corrected chi connectivity index (χ0v) is 10.6. The van der Waals surface area contributed by atoms with Gasteiger partial charge in [-0.05, 0) is 0 Å². The van der Waals surface area contributed by atoms with Gasteiger partial charge in [0.25, 0.3) is 0 Å². The van der Waals surface area contributed by atoms with Gasteiger partial charge in [-0.3, -0.25) is 10.4 Å². The molecule has 6 nitrogen and oxygen atoms in total. The molecule has 7 heteroatoms. The van der Waals surface area contributed by atoms with E-state index in [1.165, 1.54) is 7.11 Å². The Morgan fingerprint density at radius 3 is 2.41 bits per heavy atom. The van der Waals surface area contributed by atoms with E-state index in [9.17, 15) is 0 Å². The fourth-order valence-electron chi connectivity index (χ4n) is 1.24. The van der Waals surface area contributed by atoms with Crippen LogP contribution in [0, 0.1) is 0 Å². The lowest BCUT2D eigenvalue weighted by Gasteiger charge is -2.14. The fraction of sp³-hybridized carbons (Fsp3) is 0.300. The highest BCUT2D eigenvalue weighted by atomic mass is 35.5. The van der Waals surface area contributed by atoms with Crippen molar-refractivity contribution in [2.24, 2.45) is 10.8 Å². The molecular weight excluding hydrogens is 244 g/mol. The molecule has 0 atom stereocenters. The van der Waals surface area contributed by atoms with Crippen LogP contribution in [0.15, 0.2) is 17.1 Å². The molecular formula is C10H15ClN4O2. The second-order valence-corrected chi connectivity index (χ2v) is 3.44. The van der Waals surface area contributed by atoms with E-state index in [1.54, 1.807) is 26.3 Å². The Morgan fingerprint density at radius 2 is 1.94 bits per heavy atom. The van der Waals surface area contributed by atoms with Crippen LogP contribution < -0.4 is 26.1 Å². The predicted molar refractivity (Wildman–Crippen MR) is 68.9 cm³/mol. The summed E-state index contributed by atoms with van der Waals surface area (Å²) < 4.78 is 10.3. The molecule has 17 heavy (non-hydrogen) atoms. The zero-order valence-electron chi connectivity index (χ0n) is 9.87. The molecule has 0 aliphatic heterocycles. The molecule has 4 N–H and O–H groups in total. The summed E-state index contributed by atoms with van der Waals surface area (Å²) in [6.45, 7) is 0. The first-order valence-electron chi connectivity index (χ1n) is 4.78. The van der Waals surface area contributed by atoms with Crippen molar-refractivity contribution in [2.75, 3.05) is 26.6 Å². The second-order valence-electron chi connectivity index (χ2n) is 3.03. The maximum Gasteiger partial charge on any atom is 0.210 e. The fourth-order valence-corrected chi connectivity index (χ4v) is 1.47. The molecule has 0 bridgehead atoms. The van der Waals surface area contributed by atoms with Gasteiger partial charge in [0.15, 0.2) is 0 Å². The molecule has 0 heterocycles. The smallest absolute Gasteiger partial charge is 0.210 e. The highest BCUT2D eigenvalue weighted by Crippen LogP contribution is 2.35. The number of nitrogens with two attached hydrogens (primary N) is 1. The minimum atomic E-state index is 0.396. The van der Waals surface area contributed by atoms with Crippen molar-refractivity contribution < 1.29 is 9.47 Å². The lowest BCUT2D eigenvalue weighted by Crippen LogP contribution is -2.36. The molecule has 0 saturated carbocycles. The average Bonchev–Trinajstić information content (AvgIpc) is 2.36. The van der Waals surface area contributed by atoms with Crippen LogP contribution in [0.2, 0.25) is 5.02 Å². The maximum absolute atomic E-state index is 5.98. The number of nitrogens with zero attached hydrogens (tertiary/aromatic N) is 1. The summed E-state index contributed by atoms with van der Waals surface area (Å²) >= 11 is 5.98. The van der Waals surface area contributed by atoms with Gasteiger partial charge in [-0.15, -0.1) is 0 Å². The molecule has 0 aliphatic carbocycles. The van der Waals surface area contributed by atoms with Gasteiger partial charge in [-0.25, -0.2) is 5.84 Å². The van der Waals surface area contributed by atoms with Gasteiger partial charge in [0.2, 0.25) is 5.96 Å². The maximum atomic E-state index is 5.98. The summed E-state index contributed by atoms with van der Waals surface area (Å²) in [5, 5.41) is 3.41. The van der Waals surface area contributed by atoms with Crippen molar-refractivity contribution in [1.82, 2.24) is 5.43 Å². The Morgan fingerprint density at radius 1 is 1.29 bits per heavy atom. The number of rotatable bonds is 3. The lowest BCUT2D eigenvalue weighted by atomic mass is 10.2. The quantitative estimate of drug-likeness (QED) is 0.329. The third kappa shape index (κ3) is 3.15. The molecule has 94 valence electrons. The van der Waals surface area contributed by atoms with Gasteiger partial charge in [-0.2, -0.15) is 0 Å². The minimum absolute atomic E-state index is 0.396. The van der Waals surface area contributed by atoms with Gasteiger partial charge >= 0.3 is 0 Å². The molecule has 1 aromatic carbocycles. The van der Waals surface area contributed by atoms with E-state index in [-0.39, 0.29) is 0 Å². The summed E-state index contributed by atoms with van der Waals surface area (Å²) in [5.74, 6) is 6.77. The van der Waals surface area contributed by atoms with Crippen molar-refractivity contribution in [3.8, 4) is 11.5 Å². The van der Waals surface area contributed by atoms with Crippen LogP contribution in [0.5, 0.6) is 11.5 Å². The van der Waals surface area contributed by atoms with Gasteiger partial charge in [-0.1, -0.05) is 11.6 Å². The van der Waals surface area contributed by atoms with E-state index in [0.717, 1.165) is 0 Å². The number of aliphatic imine (C=N–C) groups is 1. The number of hydrogen-bond donors (Lipinski definition) is 3. The van der Waals surface area contributed by atoms with Crippen LogP contribution >= 0.6 is 11.6 Å². The number of hydrogen-bond acceptors (Lipinski definition) is 4. The molecule has 0 amide bonds. The molecule has 0 radical (unpaired) electrons. The first-order valence-corrected chi connectivity index (χ1v) is 5.16.